The third kappa shape index (κ3) is 3.33. The molecule has 0 amide bonds. The van der Waals surface area contributed by atoms with Crippen molar-refractivity contribution in [2.45, 2.75) is 13.3 Å². The van der Waals surface area contributed by atoms with Crippen LogP contribution in [0.5, 0.6) is 0 Å². The molecule has 7 heteroatoms. The molecule has 5 aromatic rings. The molecular formula is C25H22N6O. The predicted molar refractivity (Wildman–Crippen MR) is 127 cm³/mol. The maximum Gasteiger partial charge on any atom is 0.250 e. The van der Waals surface area contributed by atoms with E-state index in [0.717, 1.165) is 34.4 Å². The van der Waals surface area contributed by atoms with Gasteiger partial charge in [-0.05, 0) is 54.4 Å². The van der Waals surface area contributed by atoms with Gasteiger partial charge in [-0.1, -0.05) is 19.1 Å². The summed E-state index contributed by atoms with van der Waals surface area (Å²) in [6, 6.07) is 19.3. The zero-order valence-electron chi connectivity index (χ0n) is 17.9. The van der Waals surface area contributed by atoms with Crippen molar-refractivity contribution in [2.75, 3.05) is 5.73 Å². The van der Waals surface area contributed by atoms with Gasteiger partial charge in [0.15, 0.2) is 11.5 Å². The standard InChI is InChI=1S/C25H22N6O/c1-3-16-6-9-18(10-7-16)31-24(19-5-4-14-27-23(19)26)29-21-12-11-20(28-25(21)31)17-8-13-22(32)30(2)15-17/h4-15H,3H2,1-2H3,(H2,26,27). The van der Waals surface area contributed by atoms with Gasteiger partial charge in [-0.25, -0.2) is 15.0 Å². The quantitative estimate of drug-likeness (QED) is 0.473. The molecule has 0 fully saturated rings. The Morgan fingerprint density at radius 2 is 1.78 bits per heavy atom. The van der Waals surface area contributed by atoms with Crippen LogP contribution in [0, 0.1) is 0 Å². The third-order valence-corrected chi connectivity index (χ3v) is 5.57. The number of hydrogen-bond acceptors (Lipinski definition) is 5. The average molecular weight is 422 g/mol. The van der Waals surface area contributed by atoms with E-state index in [1.165, 1.54) is 5.56 Å². The number of aryl methyl sites for hydroxylation is 2. The Kier molecular flexibility index (Phi) is 4.78. The number of rotatable bonds is 4. The summed E-state index contributed by atoms with van der Waals surface area (Å²) in [5.41, 5.74) is 12.1. The van der Waals surface area contributed by atoms with Crippen LogP contribution in [-0.4, -0.2) is 24.1 Å². The molecule has 32 heavy (non-hydrogen) atoms. The van der Waals surface area contributed by atoms with E-state index < -0.39 is 0 Å². The Balaban J connectivity index is 1.78. The largest absolute Gasteiger partial charge is 0.383 e. The normalized spacial score (nSPS) is 11.2. The van der Waals surface area contributed by atoms with Crippen molar-refractivity contribution in [1.29, 1.82) is 0 Å². The topological polar surface area (TPSA) is 91.6 Å². The zero-order chi connectivity index (χ0) is 22.2. The van der Waals surface area contributed by atoms with Gasteiger partial charge in [0, 0.05) is 36.8 Å². The summed E-state index contributed by atoms with van der Waals surface area (Å²) < 4.78 is 3.55. The minimum Gasteiger partial charge on any atom is -0.383 e. The summed E-state index contributed by atoms with van der Waals surface area (Å²) in [4.78, 5) is 25.8. The van der Waals surface area contributed by atoms with Crippen LogP contribution in [0.3, 0.4) is 0 Å². The lowest BCUT2D eigenvalue weighted by atomic mass is 10.1. The smallest absolute Gasteiger partial charge is 0.250 e. The van der Waals surface area contributed by atoms with Gasteiger partial charge < -0.3 is 10.3 Å². The molecule has 2 N–H and O–H groups in total. The summed E-state index contributed by atoms with van der Waals surface area (Å²) in [6.07, 6.45) is 4.41. The lowest BCUT2D eigenvalue weighted by Crippen LogP contribution is -2.14. The summed E-state index contributed by atoms with van der Waals surface area (Å²) >= 11 is 0. The number of nitrogens with two attached hydrogens (primary N) is 1. The Morgan fingerprint density at radius 3 is 2.50 bits per heavy atom. The van der Waals surface area contributed by atoms with Crippen LogP contribution in [-0.2, 0) is 13.5 Å². The number of hydrogen-bond donors (Lipinski definition) is 1. The van der Waals surface area contributed by atoms with Gasteiger partial charge in [0.05, 0.1) is 11.3 Å². The van der Waals surface area contributed by atoms with Gasteiger partial charge in [-0.15, -0.1) is 0 Å². The van der Waals surface area contributed by atoms with Crippen molar-refractivity contribution in [1.82, 2.24) is 24.1 Å². The van der Waals surface area contributed by atoms with Crippen LogP contribution in [0.1, 0.15) is 12.5 Å². The van der Waals surface area contributed by atoms with Gasteiger partial charge in [0.25, 0.3) is 0 Å². The van der Waals surface area contributed by atoms with Crippen LogP contribution in [0.2, 0.25) is 0 Å². The molecule has 0 bridgehead atoms. The number of fused-ring (bicyclic) bond motifs is 1. The second kappa shape index (κ2) is 7.77. The van der Waals surface area contributed by atoms with E-state index in [2.05, 4.69) is 36.2 Å². The Bertz CT molecular complexity index is 1500. The summed E-state index contributed by atoms with van der Waals surface area (Å²) in [5, 5.41) is 0. The fraction of sp³-hybridized carbons (Fsp3) is 0.120. The van der Waals surface area contributed by atoms with E-state index in [9.17, 15) is 4.79 Å². The zero-order valence-corrected chi connectivity index (χ0v) is 17.9. The minimum atomic E-state index is -0.0646. The molecule has 1 aromatic carbocycles. The molecule has 0 spiro atoms. The minimum absolute atomic E-state index is 0.0646. The summed E-state index contributed by atoms with van der Waals surface area (Å²) in [5.74, 6) is 1.09. The molecule has 0 aliphatic rings. The molecule has 0 saturated carbocycles. The van der Waals surface area contributed by atoms with E-state index in [1.807, 2.05) is 28.8 Å². The van der Waals surface area contributed by atoms with E-state index in [-0.39, 0.29) is 5.56 Å². The number of imidazole rings is 1. The first-order valence-electron chi connectivity index (χ1n) is 10.4. The molecule has 0 unspecified atom stereocenters. The van der Waals surface area contributed by atoms with E-state index in [0.29, 0.717) is 17.3 Å². The first kappa shape index (κ1) is 19.7. The van der Waals surface area contributed by atoms with Crippen LogP contribution >= 0.6 is 0 Å². The first-order valence-corrected chi connectivity index (χ1v) is 10.4. The maximum absolute atomic E-state index is 11.8. The van der Waals surface area contributed by atoms with Gasteiger partial charge in [-0.2, -0.15) is 0 Å². The molecule has 7 nitrogen and oxygen atoms in total. The lowest BCUT2D eigenvalue weighted by Gasteiger charge is -2.11. The third-order valence-electron chi connectivity index (χ3n) is 5.57. The van der Waals surface area contributed by atoms with Gasteiger partial charge in [-0.3, -0.25) is 9.36 Å². The highest BCUT2D eigenvalue weighted by Crippen LogP contribution is 2.31. The average Bonchev–Trinajstić information content (AvgIpc) is 3.19. The van der Waals surface area contributed by atoms with E-state index in [4.69, 9.17) is 15.7 Å². The van der Waals surface area contributed by atoms with Gasteiger partial charge >= 0.3 is 0 Å². The molecule has 0 aliphatic carbocycles. The number of nitrogen functional groups attached to an aromatic ring is 1. The second-order valence-corrected chi connectivity index (χ2v) is 7.63. The molecule has 0 atom stereocenters. The van der Waals surface area contributed by atoms with E-state index >= 15 is 0 Å². The van der Waals surface area contributed by atoms with Gasteiger partial charge in [0.2, 0.25) is 5.56 Å². The van der Waals surface area contributed by atoms with Crippen molar-refractivity contribution in [3.63, 3.8) is 0 Å². The molecule has 0 saturated heterocycles. The maximum atomic E-state index is 11.8. The molecule has 4 heterocycles. The van der Waals surface area contributed by atoms with Crippen LogP contribution in [0.25, 0.3) is 39.5 Å². The lowest BCUT2D eigenvalue weighted by molar-refractivity contribution is 0.861. The number of nitrogens with zero attached hydrogens (tertiary/aromatic N) is 5. The predicted octanol–water partition coefficient (Wildman–Crippen LogP) is 3.99. The molecule has 0 aliphatic heterocycles. The van der Waals surface area contributed by atoms with Crippen LogP contribution in [0.4, 0.5) is 5.82 Å². The fourth-order valence-electron chi connectivity index (χ4n) is 3.78. The van der Waals surface area contributed by atoms with Crippen molar-refractivity contribution in [2.24, 2.45) is 7.05 Å². The highest BCUT2D eigenvalue weighted by atomic mass is 16.1. The molecule has 158 valence electrons. The number of pyridine rings is 3. The van der Waals surface area contributed by atoms with Crippen LogP contribution < -0.4 is 11.3 Å². The molecular weight excluding hydrogens is 400 g/mol. The van der Waals surface area contributed by atoms with Gasteiger partial charge in [0.1, 0.15) is 11.3 Å². The number of aromatic nitrogens is 5. The molecule has 5 rings (SSSR count). The summed E-state index contributed by atoms with van der Waals surface area (Å²) in [7, 11) is 1.73. The summed E-state index contributed by atoms with van der Waals surface area (Å²) in [6.45, 7) is 2.13. The SMILES string of the molecule is CCc1ccc(-n2c(-c3cccnc3N)nc3ccc(-c4ccc(=O)n(C)c4)nc32)cc1. The van der Waals surface area contributed by atoms with Crippen molar-refractivity contribution in [3.05, 3.63) is 89.0 Å². The first-order chi connectivity index (χ1) is 15.5. The fourth-order valence-corrected chi connectivity index (χ4v) is 3.78. The van der Waals surface area contributed by atoms with E-state index in [1.54, 1.807) is 36.1 Å². The van der Waals surface area contributed by atoms with Crippen molar-refractivity contribution in [3.8, 4) is 28.3 Å². The number of anilines is 1. The Morgan fingerprint density at radius 1 is 0.969 bits per heavy atom. The Labute approximate surface area is 184 Å². The number of benzene rings is 1. The molecule has 0 radical (unpaired) electrons. The Hall–Kier alpha value is -4.26. The van der Waals surface area contributed by atoms with Crippen LogP contribution in [0.15, 0.2) is 77.9 Å². The van der Waals surface area contributed by atoms with Crippen molar-refractivity contribution < 1.29 is 0 Å². The monoisotopic (exact) mass is 422 g/mol. The highest BCUT2D eigenvalue weighted by molar-refractivity contribution is 5.84. The van der Waals surface area contributed by atoms with Crippen molar-refractivity contribution >= 4 is 17.0 Å². The second-order valence-electron chi connectivity index (χ2n) is 7.63. The molecule has 4 aromatic heterocycles. The highest BCUT2D eigenvalue weighted by Gasteiger charge is 2.18.